The summed E-state index contributed by atoms with van der Waals surface area (Å²) in [7, 11) is -3.98. The molecule has 6 rings (SSSR count). The van der Waals surface area contributed by atoms with Gasteiger partial charge in [0, 0.05) is 71.1 Å². The molecule has 0 atom stereocenters. The maximum Gasteiger partial charge on any atom is 0.511 e. The molecule has 1 heterocycles. The molecule has 0 aliphatic rings. The van der Waals surface area contributed by atoms with Crippen LogP contribution in [0.4, 0.5) is 13.2 Å². The first-order chi connectivity index (χ1) is 26.6. The number of benzene rings is 5. The minimum atomic E-state index is -5.54. The maximum atomic E-state index is 14.6. The number of alkyl halides is 3. The topological polar surface area (TPSA) is 125 Å². The molecular formula is C42H40F3N3O7S. The van der Waals surface area contributed by atoms with E-state index < -0.39 is 28.0 Å². The Morgan fingerprint density at radius 1 is 0.821 bits per heavy atom. The third kappa shape index (κ3) is 8.04. The summed E-state index contributed by atoms with van der Waals surface area (Å²) in [5, 5.41) is 6.97. The van der Waals surface area contributed by atoms with Crippen LogP contribution in [0.15, 0.2) is 90.1 Å². The molecule has 14 heteroatoms. The van der Waals surface area contributed by atoms with Crippen molar-refractivity contribution >= 4 is 60.1 Å². The molecule has 0 saturated heterocycles. The molecule has 0 aliphatic carbocycles. The van der Waals surface area contributed by atoms with Crippen molar-refractivity contribution in [2.75, 3.05) is 26.9 Å². The maximum absolute atomic E-state index is 14.6. The number of rotatable bonds is 14. The van der Waals surface area contributed by atoms with Gasteiger partial charge in [-0.15, -0.1) is 0 Å². The fourth-order valence-electron chi connectivity index (χ4n) is 7.12. The van der Waals surface area contributed by atoms with E-state index in [-0.39, 0.29) is 31.1 Å². The first-order valence-electron chi connectivity index (χ1n) is 17.8. The molecule has 0 unspecified atom stereocenters. The molecule has 56 heavy (non-hydrogen) atoms. The summed E-state index contributed by atoms with van der Waals surface area (Å²) in [6.45, 7) is 7.22. The largest absolute Gasteiger partial charge is 0.511 e. The number of hydrogen-bond acceptors (Lipinski definition) is 8. The van der Waals surface area contributed by atoms with Gasteiger partial charge in [-0.25, -0.2) is 17.9 Å². The van der Waals surface area contributed by atoms with Crippen LogP contribution in [0.1, 0.15) is 57.1 Å². The normalized spacial score (nSPS) is 12.5. The lowest BCUT2D eigenvalue weighted by Gasteiger charge is -2.15. The van der Waals surface area contributed by atoms with Crippen LogP contribution in [-0.4, -0.2) is 62.8 Å². The van der Waals surface area contributed by atoms with Gasteiger partial charge in [0.15, 0.2) is 5.78 Å². The number of aryl methyl sites for hydroxylation is 4. The van der Waals surface area contributed by atoms with Crippen LogP contribution in [0.3, 0.4) is 0 Å². The van der Waals surface area contributed by atoms with Crippen LogP contribution >= 0.6 is 0 Å². The second-order valence-electron chi connectivity index (χ2n) is 13.4. The smallest absolute Gasteiger partial charge is 0.490 e. The Morgan fingerprint density at radius 3 is 2.18 bits per heavy atom. The van der Waals surface area contributed by atoms with Gasteiger partial charge in [0.25, 0.3) is 0 Å². The summed E-state index contributed by atoms with van der Waals surface area (Å²) >= 11 is 0. The Morgan fingerprint density at radius 2 is 1.50 bits per heavy atom. The third-order valence-electron chi connectivity index (χ3n) is 9.39. The zero-order valence-corrected chi connectivity index (χ0v) is 32.2. The Hall–Kier alpha value is -5.57. The zero-order chi connectivity index (χ0) is 40.4. The van der Waals surface area contributed by atoms with Crippen molar-refractivity contribution in [2.45, 2.75) is 46.2 Å². The number of fused-ring (bicyclic) bond motifs is 5. The first kappa shape index (κ1) is 40.1. The number of sulfonamides is 1. The van der Waals surface area contributed by atoms with Crippen molar-refractivity contribution in [3.63, 3.8) is 0 Å². The quantitative estimate of drug-likeness (QED) is 0.0388. The number of carbonyl (C=O) groups is 2. The fourth-order valence-corrected chi connectivity index (χ4v) is 7.70. The van der Waals surface area contributed by atoms with Gasteiger partial charge in [-0.2, -0.15) is 13.2 Å². The molecule has 0 radical (unpaired) electrons. The standard InChI is InChI=1S/C42H40F3N3O7S/c1-25-21-26(2)38(27(3)22-25)41(50)35-24-34-33-23-29(39(47-55-28(4)49)32-13-8-9-14-37(32)54-20-19-53-5)15-16-36(33)48(40(34)31-12-7-6-11-30(31)35)18-10-17-46-56(51,52)42(43,44)45/h6-9,11-16,21-24,46H,10,17-20H2,1-5H3/b47-39+. The average Bonchev–Trinajstić information content (AvgIpc) is 3.45. The molecule has 6 aromatic rings. The summed E-state index contributed by atoms with van der Waals surface area (Å²) in [6, 6.07) is 25.7. The summed E-state index contributed by atoms with van der Waals surface area (Å²) in [4.78, 5) is 31.8. The van der Waals surface area contributed by atoms with E-state index in [9.17, 15) is 31.2 Å². The number of aromatic nitrogens is 1. The predicted molar refractivity (Wildman–Crippen MR) is 210 cm³/mol. The Kier molecular flexibility index (Phi) is 11.6. The highest BCUT2D eigenvalue weighted by molar-refractivity contribution is 7.90. The molecule has 0 amide bonds. The summed E-state index contributed by atoms with van der Waals surface area (Å²) in [6.07, 6.45) is 0.0120. The van der Waals surface area contributed by atoms with Gasteiger partial charge in [0.2, 0.25) is 0 Å². The first-order valence-corrected chi connectivity index (χ1v) is 19.2. The molecule has 0 spiro atoms. The summed E-state index contributed by atoms with van der Waals surface area (Å²) < 4.78 is 77.6. The van der Waals surface area contributed by atoms with Crippen molar-refractivity contribution in [1.29, 1.82) is 0 Å². The van der Waals surface area contributed by atoms with Gasteiger partial charge >= 0.3 is 21.5 Å². The molecule has 10 nitrogen and oxygen atoms in total. The number of para-hydroxylation sites is 1. The lowest BCUT2D eigenvalue weighted by molar-refractivity contribution is -0.140. The molecule has 1 aromatic heterocycles. The Balaban J connectivity index is 1.59. The average molecular weight is 788 g/mol. The predicted octanol–water partition coefficient (Wildman–Crippen LogP) is 8.27. The van der Waals surface area contributed by atoms with Gasteiger partial charge in [-0.1, -0.05) is 65.3 Å². The molecule has 0 aliphatic heterocycles. The van der Waals surface area contributed by atoms with Crippen molar-refractivity contribution in [2.24, 2.45) is 5.16 Å². The van der Waals surface area contributed by atoms with E-state index in [1.807, 2.05) is 79.9 Å². The number of oxime groups is 1. The molecule has 0 bridgehead atoms. The number of halogens is 3. The van der Waals surface area contributed by atoms with Crippen molar-refractivity contribution in [1.82, 2.24) is 9.29 Å². The van der Waals surface area contributed by atoms with Crippen LogP contribution in [0.5, 0.6) is 5.75 Å². The number of methoxy groups -OCH3 is 1. The van der Waals surface area contributed by atoms with Gasteiger partial charge in [-0.3, -0.25) is 4.79 Å². The number of nitrogens with zero attached hydrogens (tertiary/aromatic N) is 2. The van der Waals surface area contributed by atoms with Crippen LogP contribution < -0.4 is 9.46 Å². The van der Waals surface area contributed by atoms with E-state index in [1.165, 1.54) is 6.92 Å². The molecule has 0 saturated carbocycles. The summed E-state index contributed by atoms with van der Waals surface area (Å²) in [5.41, 5.74) is 0.990. The molecule has 5 aromatic carbocycles. The van der Waals surface area contributed by atoms with Crippen LogP contribution in [0.25, 0.3) is 32.6 Å². The molecule has 1 N–H and O–H groups in total. The summed E-state index contributed by atoms with van der Waals surface area (Å²) in [5.74, 6) is -0.353. The van der Waals surface area contributed by atoms with E-state index in [1.54, 1.807) is 42.2 Å². The lowest BCUT2D eigenvalue weighted by Crippen LogP contribution is -2.37. The van der Waals surface area contributed by atoms with Gasteiger partial charge in [0.05, 0.1) is 12.1 Å². The fraction of sp³-hybridized carbons (Fsp3) is 0.262. The number of hydrogen-bond donors (Lipinski definition) is 1. The van der Waals surface area contributed by atoms with Crippen LogP contribution in [-0.2, 0) is 30.9 Å². The van der Waals surface area contributed by atoms with Crippen molar-refractivity contribution in [3.05, 3.63) is 124 Å². The number of nitrogens with one attached hydrogen (secondary N) is 1. The van der Waals surface area contributed by atoms with Crippen molar-refractivity contribution in [3.8, 4) is 5.75 Å². The van der Waals surface area contributed by atoms with Gasteiger partial charge < -0.3 is 18.9 Å². The second kappa shape index (κ2) is 16.3. The van der Waals surface area contributed by atoms with E-state index in [0.29, 0.717) is 61.8 Å². The van der Waals surface area contributed by atoms with Crippen LogP contribution in [0.2, 0.25) is 0 Å². The highest BCUT2D eigenvalue weighted by Gasteiger charge is 2.45. The lowest BCUT2D eigenvalue weighted by atomic mass is 9.89. The molecular weight excluding hydrogens is 748 g/mol. The van der Waals surface area contributed by atoms with Gasteiger partial charge in [-0.05, 0) is 74.0 Å². The van der Waals surface area contributed by atoms with E-state index >= 15 is 0 Å². The number of carbonyl (C=O) groups excluding carboxylic acids is 2. The SMILES string of the molecule is COCCOc1ccccc1/C(=N/OC(C)=O)c1ccc2c(c1)c1cc(C(=O)c3c(C)cc(C)cc3C)c3ccccc3c1n2CCCNS(=O)(=O)C(F)(F)F. The van der Waals surface area contributed by atoms with Gasteiger partial charge in [0.1, 0.15) is 18.1 Å². The number of ketones is 1. The molecule has 292 valence electrons. The van der Waals surface area contributed by atoms with Crippen LogP contribution in [0, 0.1) is 20.8 Å². The Labute approximate surface area is 321 Å². The Bertz CT molecular complexity index is 2610. The highest BCUT2D eigenvalue weighted by atomic mass is 32.2. The zero-order valence-electron chi connectivity index (χ0n) is 31.4. The minimum absolute atomic E-state index is 0.0120. The minimum Gasteiger partial charge on any atom is -0.490 e. The monoisotopic (exact) mass is 787 g/mol. The van der Waals surface area contributed by atoms with E-state index in [2.05, 4.69) is 5.16 Å². The third-order valence-corrected chi connectivity index (χ3v) is 10.6. The number of ether oxygens (including phenoxy) is 2. The second-order valence-corrected chi connectivity index (χ2v) is 15.2. The molecule has 0 fully saturated rings. The highest BCUT2D eigenvalue weighted by Crippen LogP contribution is 2.39. The van der Waals surface area contributed by atoms with Crippen molar-refractivity contribution < 1.29 is 45.5 Å². The van der Waals surface area contributed by atoms with E-state index in [0.717, 1.165) is 22.1 Å². The van der Waals surface area contributed by atoms with E-state index in [4.69, 9.17) is 14.3 Å².